The molecule has 1 N–H and O–H groups in total. The van der Waals surface area contributed by atoms with Crippen LogP contribution < -0.4 is 10.1 Å². The normalized spacial score (nSPS) is 14.4. The molecule has 0 amide bonds. The highest BCUT2D eigenvalue weighted by Crippen LogP contribution is 2.33. The molecule has 0 atom stereocenters. The van der Waals surface area contributed by atoms with Gasteiger partial charge in [0, 0.05) is 42.6 Å². The van der Waals surface area contributed by atoms with Gasteiger partial charge in [0.2, 0.25) is 0 Å². The first-order valence-electron chi connectivity index (χ1n) is 6.94. The van der Waals surface area contributed by atoms with Gasteiger partial charge in [0.05, 0.1) is 5.02 Å². The number of hydrogen-bond donors (Lipinski definition) is 1. The number of ether oxygens (including phenoxy) is 1. The van der Waals surface area contributed by atoms with Crippen LogP contribution in [0.3, 0.4) is 0 Å². The lowest BCUT2D eigenvalue weighted by Crippen LogP contribution is -2.16. The fourth-order valence-corrected chi connectivity index (χ4v) is 2.71. The summed E-state index contributed by atoms with van der Waals surface area (Å²) in [6.45, 7) is 1.09. The lowest BCUT2D eigenvalue weighted by molar-refractivity contribution is 0.288. The zero-order valence-electron chi connectivity index (χ0n) is 11.8. The van der Waals surface area contributed by atoms with Gasteiger partial charge in [0.25, 0.3) is 0 Å². The molecule has 1 aliphatic carbocycles. The molecule has 0 radical (unpaired) electrons. The Kier molecular flexibility index (Phi) is 4.38. The molecule has 1 aromatic heterocycles. The van der Waals surface area contributed by atoms with Crippen LogP contribution in [0.1, 0.15) is 24.2 Å². The Labute approximate surface area is 134 Å². The summed E-state index contributed by atoms with van der Waals surface area (Å²) in [5.41, 5.74) is 0.980. The minimum Gasteiger partial charge on any atom is -0.484 e. The SMILES string of the molecule is Cn1ccnc1COc1c(Cl)cc(Cl)cc1CNC1CC1. The second-order valence-corrected chi connectivity index (χ2v) is 6.12. The molecular formula is C15H17Cl2N3O. The predicted octanol–water partition coefficient (Wildman–Crippen LogP) is 3.56. The van der Waals surface area contributed by atoms with Crippen molar-refractivity contribution in [3.8, 4) is 5.75 Å². The second-order valence-electron chi connectivity index (χ2n) is 5.27. The molecule has 1 saturated carbocycles. The summed E-state index contributed by atoms with van der Waals surface area (Å²) in [4.78, 5) is 4.25. The predicted molar refractivity (Wildman–Crippen MR) is 83.9 cm³/mol. The molecule has 0 bridgehead atoms. The van der Waals surface area contributed by atoms with Gasteiger partial charge in [0.15, 0.2) is 0 Å². The van der Waals surface area contributed by atoms with E-state index in [2.05, 4.69) is 10.3 Å². The summed E-state index contributed by atoms with van der Waals surface area (Å²) in [5.74, 6) is 1.53. The average molecular weight is 326 g/mol. The van der Waals surface area contributed by atoms with Crippen LogP contribution in [0.5, 0.6) is 5.75 Å². The molecule has 3 rings (SSSR count). The van der Waals surface area contributed by atoms with Crippen LogP contribution in [-0.2, 0) is 20.2 Å². The number of aryl methyl sites for hydroxylation is 1. The fourth-order valence-electron chi connectivity index (χ4n) is 2.12. The number of nitrogens with one attached hydrogen (secondary N) is 1. The molecule has 0 unspecified atom stereocenters. The molecule has 0 aliphatic heterocycles. The Balaban J connectivity index is 1.76. The molecule has 6 heteroatoms. The van der Waals surface area contributed by atoms with Crippen molar-refractivity contribution in [1.29, 1.82) is 0 Å². The molecule has 1 fully saturated rings. The third-order valence-corrected chi connectivity index (χ3v) is 4.01. The minimum atomic E-state index is 0.376. The molecular weight excluding hydrogens is 309 g/mol. The van der Waals surface area contributed by atoms with Crippen molar-refractivity contribution in [2.75, 3.05) is 0 Å². The van der Waals surface area contributed by atoms with E-state index < -0.39 is 0 Å². The monoisotopic (exact) mass is 325 g/mol. The maximum Gasteiger partial charge on any atom is 0.146 e. The van der Waals surface area contributed by atoms with Crippen LogP contribution in [0.4, 0.5) is 0 Å². The van der Waals surface area contributed by atoms with Crippen molar-refractivity contribution in [3.05, 3.63) is 46.0 Å². The number of rotatable bonds is 6. The molecule has 1 heterocycles. The van der Waals surface area contributed by atoms with Crippen molar-refractivity contribution in [2.24, 2.45) is 7.05 Å². The van der Waals surface area contributed by atoms with Crippen molar-refractivity contribution < 1.29 is 4.74 Å². The first-order valence-corrected chi connectivity index (χ1v) is 7.69. The number of benzene rings is 1. The molecule has 21 heavy (non-hydrogen) atoms. The van der Waals surface area contributed by atoms with Gasteiger partial charge in [-0.05, 0) is 25.0 Å². The number of nitrogens with zero attached hydrogens (tertiary/aromatic N) is 2. The summed E-state index contributed by atoms with van der Waals surface area (Å²) in [6.07, 6.45) is 6.10. The van der Waals surface area contributed by atoms with E-state index in [1.54, 1.807) is 12.3 Å². The van der Waals surface area contributed by atoms with E-state index >= 15 is 0 Å². The van der Waals surface area contributed by atoms with Crippen molar-refractivity contribution in [1.82, 2.24) is 14.9 Å². The second kappa shape index (κ2) is 6.26. The molecule has 2 aromatic rings. The number of halogens is 2. The van der Waals surface area contributed by atoms with Crippen molar-refractivity contribution in [2.45, 2.75) is 32.0 Å². The lowest BCUT2D eigenvalue weighted by Gasteiger charge is -2.14. The van der Waals surface area contributed by atoms with Crippen LogP contribution in [-0.4, -0.2) is 15.6 Å². The van der Waals surface area contributed by atoms with Crippen LogP contribution in [0.2, 0.25) is 10.0 Å². The van der Waals surface area contributed by atoms with E-state index in [9.17, 15) is 0 Å². The van der Waals surface area contributed by atoms with E-state index in [1.165, 1.54) is 12.8 Å². The van der Waals surface area contributed by atoms with Gasteiger partial charge in [-0.15, -0.1) is 0 Å². The van der Waals surface area contributed by atoms with Gasteiger partial charge in [-0.3, -0.25) is 0 Å². The number of hydrogen-bond acceptors (Lipinski definition) is 3. The molecule has 1 aromatic carbocycles. The van der Waals surface area contributed by atoms with Gasteiger partial charge < -0.3 is 14.6 Å². The van der Waals surface area contributed by atoms with Crippen LogP contribution in [0.15, 0.2) is 24.5 Å². The Morgan fingerprint density at radius 1 is 1.38 bits per heavy atom. The van der Waals surface area contributed by atoms with Crippen molar-refractivity contribution >= 4 is 23.2 Å². The van der Waals surface area contributed by atoms with Gasteiger partial charge in [0.1, 0.15) is 18.2 Å². The van der Waals surface area contributed by atoms with Crippen molar-refractivity contribution in [3.63, 3.8) is 0 Å². The Morgan fingerprint density at radius 2 is 2.19 bits per heavy atom. The largest absolute Gasteiger partial charge is 0.484 e. The third-order valence-electron chi connectivity index (χ3n) is 3.51. The van der Waals surface area contributed by atoms with E-state index in [0.717, 1.165) is 11.4 Å². The lowest BCUT2D eigenvalue weighted by atomic mass is 10.2. The summed E-state index contributed by atoms with van der Waals surface area (Å²) in [6, 6.07) is 4.22. The zero-order valence-corrected chi connectivity index (χ0v) is 13.3. The Bertz CT molecular complexity index is 638. The first-order chi connectivity index (χ1) is 10.1. The minimum absolute atomic E-state index is 0.376. The smallest absolute Gasteiger partial charge is 0.146 e. The number of imidazole rings is 1. The maximum atomic E-state index is 6.28. The molecule has 1 aliphatic rings. The van der Waals surface area contributed by atoms with Crippen LogP contribution in [0.25, 0.3) is 0 Å². The summed E-state index contributed by atoms with van der Waals surface area (Å²) in [7, 11) is 1.94. The third kappa shape index (κ3) is 3.70. The van der Waals surface area contributed by atoms with E-state index in [1.807, 2.05) is 23.9 Å². The van der Waals surface area contributed by atoms with Gasteiger partial charge in [-0.25, -0.2) is 4.98 Å². The van der Waals surface area contributed by atoms with Crippen LogP contribution in [0, 0.1) is 0 Å². The highest BCUT2D eigenvalue weighted by Gasteiger charge is 2.21. The first kappa shape index (κ1) is 14.7. The number of aromatic nitrogens is 2. The maximum absolute atomic E-state index is 6.28. The fraction of sp³-hybridized carbons (Fsp3) is 0.400. The molecule has 4 nitrogen and oxygen atoms in total. The Morgan fingerprint density at radius 3 is 2.86 bits per heavy atom. The molecule has 112 valence electrons. The highest BCUT2D eigenvalue weighted by atomic mass is 35.5. The Hall–Kier alpha value is -1.23. The summed E-state index contributed by atoms with van der Waals surface area (Å²) in [5, 5.41) is 4.61. The van der Waals surface area contributed by atoms with E-state index in [-0.39, 0.29) is 0 Å². The van der Waals surface area contributed by atoms with E-state index in [0.29, 0.717) is 35.0 Å². The topological polar surface area (TPSA) is 39.1 Å². The molecule has 0 saturated heterocycles. The quantitative estimate of drug-likeness (QED) is 0.882. The van der Waals surface area contributed by atoms with Gasteiger partial charge in [-0.1, -0.05) is 23.2 Å². The van der Waals surface area contributed by atoms with E-state index in [4.69, 9.17) is 27.9 Å². The highest BCUT2D eigenvalue weighted by molar-refractivity contribution is 6.35. The standard InChI is InChI=1S/C15H17Cl2N3O/c1-20-5-4-18-14(20)9-21-15-10(8-19-12-2-3-12)6-11(16)7-13(15)17/h4-7,12,19H,2-3,8-9H2,1H3. The van der Waals surface area contributed by atoms with Crippen LogP contribution >= 0.6 is 23.2 Å². The van der Waals surface area contributed by atoms with Gasteiger partial charge in [-0.2, -0.15) is 0 Å². The summed E-state index contributed by atoms with van der Waals surface area (Å²) >= 11 is 12.4. The summed E-state index contributed by atoms with van der Waals surface area (Å²) < 4.78 is 7.81. The van der Waals surface area contributed by atoms with Gasteiger partial charge >= 0.3 is 0 Å². The molecule has 0 spiro atoms. The zero-order chi connectivity index (χ0) is 14.8. The average Bonchev–Trinajstić information content (AvgIpc) is 3.18.